The van der Waals surface area contributed by atoms with Crippen molar-refractivity contribution >= 4 is 5.97 Å². The molecule has 0 bridgehead atoms. The second kappa shape index (κ2) is 4.75. The van der Waals surface area contributed by atoms with E-state index in [1.807, 2.05) is 0 Å². The van der Waals surface area contributed by atoms with Gasteiger partial charge in [-0.2, -0.15) is 0 Å². The van der Waals surface area contributed by atoms with Gasteiger partial charge in [-0.25, -0.2) is 0 Å². The number of aliphatic hydroxyl groups excluding tert-OH is 1. The summed E-state index contributed by atoms with van der Waals surface area (Å²) < 4.78 is 0. The molecule has 0 amide bonds. The molecule has 3 nitrogen and oxygen atoms in total. The van der Waals surface area contributed by atoms with Crippen LogP contribution in [0, 0.1) is 0 Å². The molecule has 0 aliphatic carbocycles. The quantitative estimate of drug-likeness (QED) is 0.738. The molecule has 0 saturated carbocycles. The summed E-state index contributed by atoms with van der Waals surface area (Å²) in [5.41, 5.74) is 1.03. The highest BCUT2D eigenvalue weighted by atomic mass is 16.4. The third-order valence-corrected chi connectivity index (χ3v) is 2.25. The van der Waals surface area contributed by atoms with Gasteiger partial charge in [0, 0.05) is 0 Å². The van der Waals surface area contributed by atoms with Gasteiger partial charge in [0.05, 0.1) is 6.10 Å². The molecular weight excluding hydrogens is 192 g/mol. The van der Waals surface area contributed by atoms with E-state index in [2.05, 4.69) is 6.58 Å². The van der Waals surface area contributed by atoms with Crippen LogP contribution in [0.4, 0.5) is 0 Å². The summed E-state index contributed by atoms with van der Waals surface area (Å²) in [6.45, 7) is 5.19. The Labute approximate surface area is 88.7 Å². The SMILES string of the molecule is C=C(C)C(O)C(C(=O)O)c1ccccc1. The van der Waals surface area contributed by atoms with Crippen LogP contribution in [0.15, 0.2) is 42.5 Å². The van der Waals surface area contributed by atoms with Crippen molar-refractivity contribution in [3.05, 3.63) is 48.0 Å². The van der Waals surface area contributed by atoms with Gasteiger partial charge in [-0.1, -0.05) is 42.5 Å². The lowest BCUT2D eigenvalue weighted by atomic mass is 9.90. The van der Waals surface area contributed by atoms with E-state index < -0.39 is 18.0 Å². The van der Waals surface area contributed by atoms with E-state index in [1.165, 1.54) is 0 Å². The fraction of sp³-hybridized carbons (Fsp3) is 0.250. The molecule has 0 aliphatic rings. The van der Waals surface area contributed by atoms with Crippen molar-refractivity contribution in [3.63, 3.8) is 0 Å². The molecule has 3 heteroatoms. The van der Waals surface area contributed by atoms with E-state index in [-0.39, 0.29) is 0 Å². The molecule has 0 aliphatic heterocycles. The monoisotopic (exact) mass is 206 g/mol. The van der Waals surface area contributed by atoms with Crippen LogP contribution in [0.1, 0.15) is 18.4 Å². The van der Waals surface area contributed by atoms with Crippen LogP contribution in [0.25, 0.3) is 0 Å². The van der Waals surface area contributed by atoms with Crippen molar-refractivity contribution in [1.82, 2.24) is 0 Å². The lowest BCUT2D eigenvalue weighted by Gasteiger charge is -2.19. The van der Waals surface area contributed by atoms with Gasteiger partial charge in [0.15, 0.2) is 0 Å². The number of carboxylic acids is 1. The zero-order chi connectivity index (χ0) is 11.4. The molecule has 0 spiro atoms. The highest BCUT2D eigenvalue weighted by molar-refractivity contribution is 5.77. The van der Waals surface area contributed by atoms with Gasteiger partial charge in [-0.3, -0.25) is 4.79 Å². The van der Waals surface area contributed by atoms with E-state index in [9.17, 15) is 9.90 Å². The van der Waals surface area contributed by atoms with Gasteiger partial charge in [0.25, 0.3) is 0 Å². The molecule has 2 N–H and O–H groups in total. The Hall–Kier alpha value is -1.61. The Morgan fingerprint density at radius 1 is 1.33 bits per heavy atom. The number of aliphatic carboxylic acids is 1. The fourth-order valence-corrected chi connectivity index (χ4v) is 1.40. The van der Waals surface area contributed by atoms with Crippen LogP contribution >= 0.6 is 0 Å². The zero-order valence-corrected chi connectivity index (χ0v) is 8.55. The minimum atomic E-state index is -1.05. The number of hydrogen-bond acceptors (Lipinski definition) is 2. The van der Waals surface area contributed by atoms with E-state index in [0.29, 0.717) is 11.1 Å². The number of benzene rings is 1. The molecule has 2 unspecified atom stereocenters. The van der Waals surface area contributed by atoms with Gasteiger partial charge in [-0.05, 0) is 12.5 Å². The first-order valence-corrected chi connectivity index (χ1v) is 4.65. The first kappa shape index (κ1) is 11.5. The first-order chi connectivity index (χ1) is 7.04. The summed E-state index contributed by atoms with van der Waals surface area (Å²) in [5, 5.41) is 18.8. The third-order valence-electron chi connectivity index (χ3n) is 2.25. The van der Waals surface area contributed by atoms with Crippen molar-refractivity contribution in [2.24, 2.45) is 0 Å². The fourth-order valence-electron chi connectivity index (χ4n) is 1.40. The van der Waals surface area contributed by atoms with Crippen LogP contribution in [0.2, 0.25) is 0 Å². The maximum absolute atomic E-state index is 11.0. The van der Waals surface area contributed by atoms with Crippen LogP contribution in [0.5, 0.6) is 0 Å². The predicted molar refractivity (Wildman–Crippen MR) is 57.6 cm³/mol. The highest BCUT2D eigenvalue weighted by Crippen LogP contribution is 2.23. The van der Waals surface area contributed by atoms with Crippen LogP contribution in [0.3, 0.4) is 0 Å². The smallest absolute Gasteiger partial charge is 0.313 e. The number of hydrogen-bond donors (Lipinski definition) is 2. The Morgan fingerprint density at radius 2 is 1.87 bits per heavy atom. The largest absolute Gasteiger partial charge is 0.481 e. The molecule has 0 aromatic heterocycles. The highest BCUT2D eigenvalue weighted by Gasteiger charge is 2.28. The van der Waals surface area contributed by atoms with Gasteiger partial charge < -0.3 is 10.2 Å². The maximum atomic E-state index is 11.0. The molecule has 15 heavy (non-hydrogen) atoms. The van der Waals surface area contributed by atoms with Crippen LogP contribution in [-0.4, -0.2) is 22.3 Å². The number of aliphatic hydroxyl groups is 1. The van der Waals surface area contributed by atoms with E-state index in [1.54, 1.807) is 37.3 Å². The van der Waals surface area contributed by atoms with Crippen molar-refractivity contribution in [2.45, 2.75) is 18.9 Å². The topological polar surface area (TPSA) is 57.5 Å². The first-order valence-electron chi connectivity index (χ1n) is 4.65. The van der Waals surface area contributed by atoms with Crippen molar-refractivity contribution in [2.75, 3.05) is 0 Å². The van der Waals surface area contributed by atoms with E-state index in [0.717, 1.165) is 0 Å². The summed E-state index contributed by atoms with van der Waals surface area (Å²) in [6, 6.07) is 8.66. The second-order valence-corrected chi connectivity index (χ2v) is 3.52. The summed E-state index contributed by atoms with van der Waals surface area (Å²) in [6.07, 6.45) is -1.05. The standard InChI is InChI=1S/C12H14O3/c1-8(2)11(13)10(12(14)15)9-6-4-3-5-7-9/h3-7,10-11,13H,1H2,2H3,(H,14,15). The normalized spacial score (nSPS) is 14.3. The number of rotatable bonds is 4. The number of carbonyl (C=O) groups is 1. The zero-order valence-electron chi connectivity index (χ0n) is 8.55. The van der Waals surface area contributed by atoms with Gasteiger partial charge in [0.1, 0.15) is 5.92 Å². The van der Waals surface area contributed by atoms with Gasteiger partial charge >= 0.3 is 5.97 Å². The molecule has 80 valence electrons. The third kappa shape index (κ3) is 2.67. The lowest BCUT2D eigenvalue weighted by Crippen LogP contribution is -2.26. The lowest BCUT2D eigenvalue weighted by molar-refractivity contribution is -0.141. The average Bonchev–Trinajstić information content (AvgIpc) is 2.18. The van der Waals surface area contributed by atoms with Crippen LogP contribution in [-0.2, 0) is 4.79 Å². The Morgan fingerprint density at radius 3 is 2.27 bits per heavy atom. The molecular formula is C12H14O3. The summed E-state index contributed by atoms with van der Waals surface area (Å²) in [5.74, 6) is -1.99. The summed E-state index contributed by atoms with van der Waals surface area (Å²) in [4.78, 5) is 11.0. The van der Waals surface area contributed by atoms with Gasteiger partial charge in [0.2, 0.25) is 0 Å². The molecule has 1 rings (SSSR count). The van der Waals surface area contributed by atoms with E-state index >= 15 is 0 Å². The minimum absolute atomic E-state index is 0.450. The van der Waals surface area contributed by atoms with Crippen molar-refractivity contribution < 1.29 is 15.0 Å². The van der Waals surface area contributed by atoms with Crippen LogP contribution < -0.4 is 0 Å². The Bertz CT molecular complexity index is 356. The molecule has 0 saturated heterocycles. The Balaban J connectivity index is 3.04. The van der Waals surface area contributed by atoms with Crippen molar-refractivity contribution in [3.8, 4) is 0 Å². The maximum Gasteiger partial charge on any atom is 0.313 e. The predicted octanol–water partition coefficient (Wildman–Crippen LogP) is 1.79. The van der Waals surface area contributed by atoms with E-state index in [4.69, 9.17) is 5.11 Å². The minimum Gasteiger partial charge on any atom is -0.481 e. The van der Waals surface area contributed by atoms with Crippen molar-refractivity contribution in [1.29, 1.82) is 0 Å². The molecule has 1 aromatic rings. The second-order valence-electron chi connectivity index (χ2n) is 3.52. The molecule has 2 atom stereocenters. The van der Waals surface area contributed by atoms with Gasteiger partial charge in [-0.15, -0.1) is 0 Å². The Kier molecular flexibility index (Phi) is 3.63. The molecule has 0 fully saturated rings. The molecule has 0 radical (unpaired) electrons. The average molecular weight is 206 g/mol. The molecule has 0 heterocycles. The molecule has 1 aromatic carbocycles. The number of carboxylic acid groups (broad SMARTS) is 1. The summed E-state index contributed by atoms with van der Waals surface area (Å²) >= 11 is 0. The summed E-state index contributed by atoms with van der Waals surface area (Å²) in [7, 11) is 0.